The van der Waals surface area contributed by atoms with Crippen LogP contribution in [0.15, 0.2) is 53.4 Å². The van der Waals surface area contributed by atoms with Crippen LogP contribution in [-0.4, -0.2) is 36.2 Å². The van der Waals surface area contributed by atoms with Crippen molar-refractivity contribution in [2.45, 2.75) is 39.8 Å². The van der Waals surface area contributed by atoms with Crippen molar-refractivity contribution in [3.63, 3.8) is 0 Å². The maximum absolute atomic E-state index is 13.3. The third-order valence-electron chi connectivity index (χ3n) is 5.86. The molecular weight excluding hydrogens is 448 g/mol. The summed E-state index contributed by atoms with van der Waals surface area (Å²) in [6.45, 7) is 1.10. The largest absolute Gasteiger partial charge is 0.435 e. The van der Waals surface area contributed by atoms with Crippen LogP contribution in [0.2, 0.25) is 0 Å². The molecule has 0 saturated heterocycles. The summed E-state index contributed by atoms with van der Waals surface area (Å²) in [6, 6.07) is 14.3. The zero-order valence-electron chi connectivity index (χ0n) is 18.6. The molecule has 0 fully saturated rings. The molecule has 0 bridgehead atoms. The van der Waals surface area contributed by atoms with Gasteiger partial charge in [0.2, 0.25) is 10.0 Å². The fourth-order valence-corrected chi connectivity index (χ4v) is 5.39. The lowest BCUT2D eigenvalue weighted by Gasteiger charge is -2.23. The van der Waals surface area contributed by atoms with Crippen molar-refractivity contribution < 1.29 is 21.9 Å². The number of allylic oxidation sites excluding steroid dienone is 1. The Bertz CT molecular complexity index is 1300. The summed E-state index contributed by atoms with van der Waals surface area (Å²) in [5.74, 6) is 0.0713. The summed E-state index contributed by atoms with van der Waals surface area (Å²) in [7, 11) is -2.16. The van der Waals surface area contributed by atoms with Gasteiger partial charge in [0.1, 0.15) is 5.75 Å². The summed E-state index contributed by atoms with van der Waals surface area (Å²) in [5.41, 5.74) is 4.90. The van der Waals surface area contributed by atoms with Crippen molar-refractivity contribution in [3.8, 4) is 11.4 Å². The number of sulfonamides is 1. The number of aryl methyl sites for hydroxylation is 2. The number of benzene rings is 2. The van der Waals surface area contributed by atoms with E-state index in [0.29, 0.717) is 23.3 Å². The molecule has 0 spiro atoms. The average molecular weight is 474 g/mol. The Morgan fingerprint density at radius 2 is 1.85 bits per heavy atom. The Morgan fingerprint density at radius 1 is 1.12 bits per heavy atom. The summed E-state index contributed by atoms with van der Waals surface area (Å²) < 4.78 is 59.2. The molecule has 0 aliphatic heterocycles. The van der Waals surface area contributed by atoms with Crippen molar-refractivity contribution in [1.82, 2.24) is 14.1 Å². The van der Waals surface area contributed by atoms with Crippen LogP contribution in [0.5, 0.6) is 5.75 Å². The molecule has 0 atom stereocenters. The molecule has 6 nitrogen and oxygen atoms in total. The number of alkyl halides is 2. The van der Waals surface area contributed by atoms with Crippen molar-refractivity contribution in [2.24, 2.45) is 0 Å². The quantitative estimate of drug-likeness (QED) is 0.493. The predicted octanol–water partition coefficient (Wildman–Crippen LogP) is 4.84. The second-order valence-corrected chi connectivity index (χ2v) is 10.1. The van der Waals surface area contributed by atoms with Crippen LogP contribution in [0.25, 0.3) is 11.8 Å². The van der Waals surface area contributed by atoms with Gasteiger partial charge in [0.15, 0.2) is 0 Å². The molecule has 1 aromatic heterocycles. The van der Waals surface area contributed by atoms with Gasteiger partial charge in [-0.25, -0.2) is 13.1 Å². The number of aromatic nitrogens is 2. The minimum Gasteiger partial charge on any atom is -0.435 e. The van der Waals surface area contributed by atoms with E-state index in [1.165, 1.54) is 16.4 Å². The number of para-hydroxylation sites is 1. The predicted molar refractivity (Wildman–Crippen MR) is 123 cm³/mol. The van der Waals surface area contributed by atoms with Crippen molar-refractivity contribution in [1.29, 1.82) is 0 Å². The highest BCUT2D eigenvalue weighted by atomic mass is 32.2. The molecule has 0 unspecified atom stereocenters. The molecule has 9 heteroatoms. The molecule has 174 valence electrons. The minimum atomic E-state index is -3.71. The van der Waals surface area contributed by atoms with Gasteiger partial charge in [-0.2, -0.15) is 18.2 Å². The second kappa shape index (κ2) is 9.07. The van der Waals surface area contributed by atoms with Gasteiger partial charge in [-0.3, -0.25) is 0 Å². The lowest BCUT2D eigenvalue weighted by molar-refractivity contribution is -0.0498. The van der Waals surface area contributed by atoms with E-state index in [4.69, 9.17) is 0 Å². The number of rotatable bonds is 7. The van der Waals surface area contributed by atoms with Gasteiger partial charge in [-0.05, 0) is 68.2 Å². The molecule has 33 heavy (non-hydrogen) atoms. The van der Waals surface area contributed by atoms with Gasteiger partial charge in [0.25, 0.3) is 0 Å². The first-order valence-corrected chi connectivity index (χ1v) is 12.0. The number of hydrogen-bond donors (Lipinski definition) is 0. The highest BCUT2D eigenvalue weighted by Gasteiger charge is 2.28. The first-order valence-electron chi connectivity index (χ1n) is 10.5. The average Bonchev–Trinajstić information content (AvgIpc) is 3.07. The normalized spacial score (nSPS) is 13.8. The van der Waals surface area contributed by atoms with Crippen LogP contribution in [0.3, 0.4) is 0 Å². The Morgan fingerprint density at radius 3 is 2.55 bits per heavy atom. The van der Waals surface area contributed by atoms with Gasteiger partial charge in [0, 0.05) is 24.8 Å². The minimum absolute atomic E-state index is 0.0713. The Kier molecular flexibility index (Phi) is 6.36. The first kappa shape index (κ1) is 23.1. The Labute approximate surface area is 192 Å². The number of fused-ring (bicyclic) bond motifs is 1. The van der Waals surface area contributed by atoms with Gasteiger partial charge in [-0.15, -0.1) is 0 Å². The van der Waals surface area contributed by atoms with E-state index in [1.54, 1.807) is 19.2 Å². The lowest BCUT2D eigenvalue weighted by atomic mass is 9.97. The van der Waals surface area contributed by atoms with Gasteiger partial charge < -0.3 is 4.74 Å². The number of ether oxygens (including phenoxy) is 1. The number of hydrogen-bond acceptors (Lipinski definition) is 4. The topological polar surface area (TPSA) is 64.4 Å². The molecular formula is C24H25F2N3O3S. The zero-order valence-corrected chi connectivity index (χ0v) is 19.4. The molecule has 0 radical (unpaired) electrons. The van der Waals surface area contributed by atoms with E-state index in [2.05, 4.69) is 9.84 Å². The van der Waals surface area contributed by atoms with Crippen LogP contribution < -0.4 is 4.74 Å². The van der Waals surface area contributed by atoms with E-state index >= 15 is 0 Å². The number of halogens is 2. The molecule has 1 aliphatic rings. The zero-order chi connectivity index (χ0) is 23.8. The van der Waals surface area contributed by atoms with Crippen LogP contribution >= 0.6 is 0 Å². The van der Waals surface area contributed by atoms with Crippen LogP contribution in [0.1, 0.15) is 34.5 Å². The highest BCUT2D eigenvalue weighted by Crippen LogP contribution is 2.32. The lowest BCUT2D eigenvalue weighted by Crippen LogP contribution is -2.29. The van der Waals surface area contributed by atoms with Crippen molar-refractivity contribution in [3.05, 3.63) is 81.5 Å². The molecule has 3 aromatic rings. The Balaban J connectivity index is 1.58. The van der Waals surface area contributed by atoms with E-state index in [-0.39, 0.29) is 12.3 Å². The molecule has 0 N–H and O–H groups in total. The summed E-state index contributed by atoms with van der Waals surface area (Å²) in [6.07, 6.45) is 2.33. The van der Waals surface area contributed by atoms with Crippen molar-refractivity contribution in [2.75, 3.05) is 7.05 Å². The van der Waals surface area contributed by atoms with E-state index < -0.39 is 16.6 Å². The Hall–Kier alpha value is -3.04. The molecule has 1 aliphatic carbocycles. The van der Waals surface area contributed by atoms with E-state index in [1.807, 2.05) is 48.9 Å². The molecule has 2 aromatic carbocycles. The van der Waals surface area contributed by atoms with E-state index in [9.17, 15) is 17.2 Å². The maximum atomic E-state index is 13.3. The molecule has 0 amide bonds. The van der Waals surface area contributed by atoms with Crippen LogP contribution in [0, 0.1) is 13.8 Å². The fraction of sp³-hybridized carbons (Fsp3) is 0.292. The smallest absolute Gasteiger partial charge is 0.387 e. The van der Waals surface area contributed by atoms with Gasteiger partial charge >= 0.3 is 6.61 Å². The third kappa shape index (κ3) is 4.69. The monoisotopic (exact) mass is 473 g/mol. The third-order valence-corrected chi connectivity index (χ3v) is 7.80. The maximum Gasteiger partial charge on any atom is 0.387 e. The van der Waals surface area contributed by atoms with Crippen molar-refractivity contribution >= 4 is 16.1 Å². The molecule has 0 saturated carbocycles. The number of nitrogens with zero attached hydrogens (tertiary/aromatic N) is 3. The van der Waals surface area contributed by atoms with Crippen LogP contribution in [0.4, 0.5) is 8.78 Å². The fourth-order valence-electron chi connectivity index (χ4n) is 4.05. The van der Waals surface area contributed by atoms with E-state index in [0.717, 1.165) is 28.2 Å². The van der Waals surface area contributed by atoms with Gasteiger partial charge in [0.05, 0.1) is 16.3 Å². The van der Waals surface area contributed by atoms with Gasteiger partial charge in [-0.1, -0.05) is 24.3 Å². The molecule has 1 heterocycles. The molecule has 4 rings (SSSR count). The van der Waals surface area contributed by atoms with Crippen LogP contribution in [-0.2, 0) is 23.0 Å². The standard InChI is InChI=1S/C24H25F2N3O3S/c1-16-23(17(2)29(27-16)20-7-5-4-6-8-20)15-28(3)33(30,31)22-12-10-18-13-21(32-24(25)26)11-9-19(18)14-22/h4-9,11,13-14,24H,10,12,15H2,1-3H3. The second-order valence-electron chi connectivity index (χ2n) is 8.01. The summed E-state index contributed by atoms with van der Waals surface area (Å²) in [5, 5.41) is 4.60. The highest BCUT2D eigenvalue weighted by molar-refractivity contribution is 7.93. The SMILES string of the molecule is Cc1nn(-c2ccccc2)c(C)c1CN(C)S(=O)(=O)C1=Cc2ccc(OC(F)F)cc2CC1. The summed E-state index contributed by atoms with van der Waals surface area (Å²) >= 11 is 0. The summed E-state index contributed by atoms with van der Waals surface area (Å²) in [4.78, 5) is 0.297. The first-order chi connectivity index (χ1) is 15.7.